The topological polar surface area (TPSA) is 66.4 Å². The number of halogens is 1. The van der Waals surface area contributed by atoms with E-state index in [1.807, 2.05) is 0 Å². The van der Waals surface area contributed by atoms with Gasteiger partial charge in [-0.3, -0.25) is 0 Å². The van der Waals surface area contributed by atoms with Crippen molar-refractivity contribution in [2.75, 3.05) is 0 Å². The summed E-state index contributed by atoms with van der Waals surface area (Å²) in [6.07, 6.45) is 7.50. The number of hydrogen-bond acceptors (Lipinski definition) is 3. The average molecular weight is 332 g/mol. The van der Waals surface area contributed by atoms with Gasteiger partial charge in [0.15, 0.2) is 0 Å². The second-order valence-corrected chi connectivity index (χ2v) is 7.70. The second-order valence-electron chi connectivity index (χ2n) is 5.57. The summed E-state index contributed by atoms with van der Waals surface area (Å²) >= 11 is 5.90. The van der Waals surface area contributed by atoms with Gasteiger partial charge in [-0.1, -0.05) is 43.7 Å². The van der Waals surface area contributed by atoms with Crippen LogP contribution < -0.4 is 4.72 Å². The fourth-order valence-corrected chi connectivity index (χ4v) is 4.23. The van der Waals surface area contributed by atoms with Crippen LogP contribution in [0.4, 0.5) is 0 Å². The lowest BCUT2D eigenvalue weighted by Gasteiger charge is -2.21. The summed E-state index contributed by atoms with van der Waals surface area (Å²) in [6.45, 7) is -0.272. The number of aliphatic hydroxyl groups is 1. The molecule has 0 unspecified atom stereocenters. The smallest absolute Gasteiger partial charge is 0.240 e. The SMILES string of the molecule is O=S(=O)(NC1CCCCCCC1)c1ccc(Cl)c(CO)c1. The van der Waals surface area contributed by atoms with Crippen LogP contribution in [-0.2, 0) is 16.6 Å². The Morgan fingerprint density at radius 2 is 1.76 bits per heavy atom. The normalized spacial score (nSPS) is 18.2. The molecule has 0 spiro atoms. The summed E-state index contributed by atoms with van der Waals surface area (Å²) in [5, 5.41) is 9.58. The van der Waals surface area contributed by atoms with Crippen molar-refractivity contribution in [3.8, 4) is 0 Å². The van der Waals surface area contributed by atoms with Crippen LogP contribution in [-0.4, -0.2) is 19.6 Å². The molecular formula is C15H22ClNO3S. The van der Waals surface area contributed by atoms with Gasteiger partial charge in [-0.25, -0.2) is 13.1 Å². The molecule has 4 nitrogen and oxygen atoms in total. The molecule has 0 bridgehead atoms. The second kappa shape index (κ2) is 7.58. The minimum absolute atomic E-state index is 0.00329. The number of benzene rings is 1. The molecular weight excluding hydrogens is 310 g/mol. The van der Waals surface area contributed by atoms with Crippen LogP contribution in [0.2, 0.25) is 5.02 Å². The van der Waals surface area contributed by atoms with Crippen molar-refractivity contribution in [1.29, 1.82) is 0 Å². The highest BCUT2D eigenvalue weighted by Crippen LogP contribution is 2.22. The molecule has 0 aromatic heterocycles. The maximum Gasteiger partial charge on any atom is 0.240 e. The zero-order valence-electron chi connectivity index (χ0n) is 12.0. The van der Waals surface area contributed by atoms with Crippen LogP contribution in [0, 0.1) is 0 Å². The van der Waals surface area contributed by atoms with Crippen molar-refractivity contribution in [2.24, 2.45) is 0 Å². The van der Waals surface area contributed by atoms with Crippen molar-refractivity contribution in [3.05, 3.63) is 28.8 Å². The molecule has 6 heteroatoms. The van der Waals surface area contributed by atoms with E-state index in [4.69, 9.17) is 11.6 Å². The number of hydrogen-bond donors (Lipinski definition) is 2. The lowest BCUT2D eigenvalue weighted by molar-refractivity contribution is 0.281. The first-order valence-corrected chi connectivity index (χ1v) is 9.30. The Labute approximate surface area is 131 Å². The van der Waals surface area contributed by atoms with E-state index in [0.717, 1.165) is 25.7 Å². The maximum atomic E-state index is 12.4. The van der Waals surface area contributed by atoms with Gasteiger partial charge in [0.05, 0.1) is 11.5 Å². The highest BCUT2D eigenvalue weighted by molar-refractivity contribution is 7.89. The Bertz CT molecular complexity index is 566. The third-order valence-electron chi connectivity index (χ3n) is 3.92. The molecule has 2 N–H and O–H groups in total. The fraction of sp³-hybridized carbons (Fsp3) is 0.600. The van der Waals surface area contributed by atoms with Gasteiger partial charge in [0, 0.05) is 11.1 Å². The Balaban J connectivity index is 2.13. The number of sulfonamides is 1. The molecule has 0 aliphatic heterocycles. The van der Waals surface area contributed by atoms with Crippen molar-refractivity contribution < 1.29 is 13.5 Å². The van der Waals surface area contributed by atoms with E-state index in [2.05, 4.69) is 4.72 Å². The van der Waals surface area contributed by atoms with Gasteiger partial charge in [-0.15, -0.1) is 0 Å². The quantitative estimate of drug-likeness (QED) is 0.890. The van der Waals surface area contributed by atoms with E-state index in [1.165, 1.54) is 37.5 Å². The zero-order chi connectivity index (χ0) is 15.3. The van der Waals surface area contributed by atoms with Crippen molar-refractivity contribution >= 4 is 21.6 Å². The van der Waals surface area contributed by atoms with Crippen LogP contribution in [0.1, 0.15) is 50.5 Å². The predicted octanol–water partition coefficient (Wildman–Crippen LogP) is 3.22. The van der Waals surface area contributed by atoms with E-state index in [9.17, 15) is 13.5 Å². The zero-order valence-corrected chi connectivity index (χ0v) is 13.6. The molecule has 0 amide bonds. The molecule has 0 radical (unpaired) electrons. The molecule has 21 heavy (non-hydrogen) atoms. The van der Waals surface area contributed by atoms with Crippen LogP contribution >= 0.6 is 11.6 Å². The summed E-state index contributed by atoms with van der Waals surface area (Å²) in [4.78, 5) is 0.165. The molecule has 0 atom stereocenters. The van der Waals surface area contributed by atoms with Crippen molar-refractivity contribution in [2.45, 2.75) is 62.5 Å². The molecule has 1 aliphatic carbocycles. The van der Waals surface area contributed by atoms with E-state index in [0.29, 0.717) is 10.6 Å². The molecule has 1 saturated carbocycles. The van der Waals surface area contributed by atoms with E-state index < -0.39 is 10.0 Å². The van der Waals surface area contributed by atoms with Crippen LogP contribution in [0.3, 0.4) is 0 Å². The summed E-state index contributed by atoms with van der Waals surface area (Å²) in [7, 11) is -3.56. The first kappa shape index (κ1) is 16.7. The first-order valence-electron chi connectivity index (χ1n) is 7.44. The van der Waals surface area contributed by atoms with E-state index in [1.54, 1.807) is 0 Å². The highest BCUT2D eigenvalue weighted by Gasteiger charge is 2.21. The number of aliphatic hydroxyl groups excluding tert-OH is 1. The maximum absolute atomic E-state index is 12.4. The van der Waals surface area contributed by atoms with Gasteiger partial charge >= 0.3 is 0 Å². The molecule has 1 fully saturated rings. The van der Waals surface area contributed by atoms with Gasteiger partial charge in [0.1, 0.15) is 0 Å². The van der Waals surface area contributed by atoms with E-state index >= 15 is 0 Å². The third kappa shape index (κ3) is 4.68. The Hall–Kier alpha value is -0.620. The van der Waals surface area contributed by atoms with Gasteiger partial charge in [-0.05, 0) is 36.6 Å². The van der Waals surface area contributed by atoms with Crippen molar-refractivity contribution in [3.63, 3.8) is 0 Å². The average Bonchev–Trinajstić information content (AvgIpc) is 2.42. The molecule has 1 aromatic carbocycles. The number of nitrogens with one attached hydrogen (secondary N) is 1. The molecule has 118 valence electrons. The standard InChI is InChI=1S/C15H22ClNO3S/c16-15-9-8-14(10-12(15)11-18)21(19,20)17-13-6-4-2-1-3-5-7-13/h8-10,13,17-18H,1-7,11H2. The Morgan fingerprint density at radius 1 is 1.14 bits per heavy atom. The fourth-order valence-electron chi connectivity index (χ4n) is 2.70. The lowest BCUT2D eigenvalue weighted by atomic mass is 9.97. The Kier molecular flexibility index (Phi) is 6.05. The molecule has 0 heterocycles. The summed E-state index contributed by atoms with van der Waals surface area (Å²) in [6, 6.07) is 4.43. The van der Waals surface area contributed by atoms with Gasteiger partial charge < -0.3 is 5.11 Å². The number of rotatable bonds is 4. The minimum Gasteiger partial charge on any atom is -0.392 e. The van der Waals surface area contributed by atoms with Gasteiger partial charge in [0.25, 0.3) is 0 Å². The highest BCUT2D eigenvalue weighted by atomic mass is 35.5. The largest absolute Gasteiger partial charge is 0.392 e. The summed E-state index contributed by atoms with van der Waals surface area (Å²) in [5.74, 6) is 0. The molecule has 1 aromatic rings. The summed E-state index contributed by atoms with van der Waals surface area (Å²) < 4.78 is 27.7. The van der Waals surface area contributed by atoms with Gasteiger partial charge in [0.2, 0.25) is 10.0 Å². The summed E-state index contributed by atoms with van der Waals surface area (Å²) in [5.41, 5.74) is 0.428. The molecule has 2 rings (SSSR count). The monoisotopic (exact) mass is 331 g/mol. The Morgan fingerprint density at radius 3 is 2.38 bits per heavy atom. The third-order valence-corrected chi connectivity index (χ3v) is 5.81. The van der Waals surface area contributed by atoms with Crippen LogP contribution in [0.5, 0.6) is 0 Å². The van der Waals surface area contributed by atoms with Crippen LogP contribution in [0.15, 0.2) is 23.1 Å². The lowest BCUT2D eigenvalue weighted by Crippen LogP contribution is -2.35. The van der Waals surface area contributed by atoms with Gasteiger partial charge in [-0.2, -0.15) is 0 Å². The molecule has 1 aliphatic rings. The van der Waals surface area contributed by atoms with Crippen molar-refractivity contribution in [1.82, 2.24) is 4.72 Å². The first-order chi connectivity index (χ1) is 10.0. The minimum atomic E-state index is -3.56. The van der Waals surface area contributed by atoms with E-state index in [-0.39, 0.29) is 17.5 Å². The predicted molar refractivity (Wildman–Crippen MR) is 83.8 cm³/mol. The molecule has 0 saturated heterocycles. The van der Waals surface area contributed by atoms with Crippen LogP contribution in [0.25, 0.3) is 0 Å².